The van der Waals surface area contributed by atoms with Gasteiger partial charge in [-0.15, -0.1) is 0 Å². The van der Waals surface area contributed by atoms with E-state index < -0.39 is 0 Å². The van der Waals surface area contributed by atoms with Gasteiger partial charge in [-0.1, -0.05) is 32.0 Å². The van der Waals surface area contributed by atoms with Gasteiger partial charge in [0.15, 0.2) is 0 Å². The van der Waals surface area contributed by atoms with Gasteiger partial charge in [-0.25, -0.2) is 9.67 Å². The summed E-state index contributed by atoms with van der Waals surface area (Å²) in [6.45, 7) is 10.6. The second-order valence-electron chi connectivity index (χ2n) is 7.89. The molecule has 4 rings (SSSR count). The number of aryl methyl sites for hydroxylation is 1. The Balaban J connectivity index is 1.59. The molecule has 0 bridgehead atoms. The molecule has 0 aliphatic carbocycles. The minimum absolute atomic E-state index is 0.00632. The zero-order chi connectivity index (χ0) is 19.8. The van der Waals surface area contributed by atoms with Crippen LogP contribution in [0.3, 0.4) is 0 Å². The number of para-hydroxylation sites is 1. The van der Waals surface area contributed by atoms with Crippen LogP contribution in [-0.2, 0) is 19.5 Å². The number of rotatable bonds is 4. The second kappa shape index (κ2) is 7.36. The number of nitrogens with one attached hydrogen (secondary N) is 1. The monoisotopic (exact) mass is 377 g/mol. The third-order valence-corrected chi connectivity index (χ3v) is 5.54. The Morgan fingerprint density at radius 2 is 1.93 bits per heavy atom. The molecular weight excluding hydrogens is 350 g/mol. The second-order valence-corrected chi connectivity index (χ2v) is 7.89. The lowest BCUT2D eigenvalue weighted by Gasteiger charge is -2.28. The van der Waals surface area contributed by atoms with E-state index in [0.717, 1.165) is 53.7 Å². The molecule has 6 nitrogen and oxygen atoms in total. The van der Waals surface area contributed by atoms with Crippen LogP contribution in [0.15, 0.2) is 35.1 Å². The van der Waals surface area contributed by atoms with E-state index >= 15 is 0 Å². The largest absolute Gasteiger partial charge is 0.310 e. The van der Waals surface area contributed by atoms with E-state index in [-0.39, 0.29) is 11.5 Å². The summed E-state index contributed by atoms with van der Waals surface area (Å²) in [6, 6.07) is 10.2. The lowest BCUT2D eigenvalue weighted by molar-refractivity contribution is 0.240. The highest BCUT2D eigenvalue weighted by molar-refractivity contribution is 5.37. The van der Waals surface area contributed by atoms with E-state index in [9.17, 15) is 4.79 Å². The maximum atomic E-state index is 12.6. The van der Waals surface area contributed by atoms with Gasteiger partial charge in [0.2, 0.25) is 0 Å². The highest BCUT2D eigenvalue weighted by atomic mass is 16.1. The molecule has 1 aliphatic heterocycles. The maximum Gasteiger partial charge on any atom is 0.255 e. The van der Waals surface area contributed by atoms with Crippen molar-refractivity contribution >= 4 is 0 Å². The van der Waals surface area contributed by atoms with E-state index in [1.807, 2.05) is 22.9 Å². The van der Waals surface area contributed by atoms with Gasteiger partial charge in [-0.05, 0) is 26.0 Å². The maximum absolute atomic E-state index is 12.6. The van der Waals surface area contributed by atoms with Gasteiger partial charge in [0.25, 0.3) is 5.56 Å². The summed E-state index contributed by atoms with van der Waals surface area (Å²) < 4.78 is 2.01. The van der Waals surface area contributed by atoms with Crippen molar-refractivity contribution in [1.82, 2.24) is 24.6 Å². The molecule has 1 aromatic carbocycles. The van der Waals surface area contributed by atoms with Gasteiger partial charge in [0, 0.05) is 43.2 Å². The average Bonchev–Trinajstić information content (AvgIpc) is 2.97. The zero-order valence-corrected chi connectivity index (χ0v) is 17.0. The number of hydrogen-bond donors (Lipinski definition) is 1. The van der Waals surface area contributed by atoms with E-state index in [1.165, 1.54) is 5.56 Å². The number of benzene rings is 1. The van der Waals surface area contributed by atoms with E-state index in [2.05, 4.69) is 49.7 Å². The lowest BCUT2D eigenvalue weighted by Crippen LogP contribution is -2.36. The van der Waals surface area contributed by atoms with Crippen molar-refractivity contribution in [2.45, 2.75) is 53.1 Å². The first-order chi connectivity index (χ1) is 13.4. The van der Waals surface area contributed by atoms with Crippen molar-refractivity contribution in [3.8, 4) is 5.69 Å². The standard InChI is InChI=1S/C22H27N5O/c1-14(2)21-23-20-10-11-26(13-19(20)22(28)24-21)12-18-15(3)25-27(16(18)4)17-8-6-5-7-9-17/h5-9,14H,10-13H2,1-4H3,(H,23,24,28). The Morgan fingerprint density at radius 3 is 2.64 bits per heavy atom. The van der Waals surface area contributed by atoms with Crippen LogP contribution in [0.2, 0.25) is 0 Å². The lowest BCUT2D eigenvalue weighted by atomic mass is 10.0. The van der Waals surface area contributed by atoms with Crippen molar-refractivity contribution in [3.63, 3.8) is 0 Å². The summed E-state index contributed by atoms with van der Waals surface area (Å²) in [6.07, 6.45) is 0.809. The molecule has 0 spiro atoms. The molecule has 0 fully saturated rings. The van der Waals surface area contributed by atoms with E-state index in [1.54, 1.807) is 0 Å². The van der Waals surface area contributed by atoms with Gasteiger partial charge in [-0.3, -0.25) is 9.69 Å². The fraction of sp³-hybridized carbons (Fsp3) is 0.409. The molecular formula is C22H27N5O. The predicted molar refractivity (Wildman–Crippen MR) is 110 cm³/mol. The van der Waals surface area contributed by atoms with E-state index in [4.69, 9.17) is 10.1 Å². The summed E-state index contributed by atoms with van der Waals surface area (Å²) in [5, 5.41) is 4.75. The number of nitrogens with zero attached hydrogens (tertiary/aromatic N) is 4. The SMILES string of the molecule is Cc1nn(-c2ccccc2)c(C)c1CN1CCc2nc(C(C)C)[nH]c(=O)c2C1. The van der Waals surface area contributed by atoms with Crippen molar-refractivity contribution in [2.24, 2.45) is 0 Å². The van der Waals surface area contributed by atoms with Crippen LogP contribution >= 0.6 is 0 Å². The Labute approximate surface area is 165 Å². The van der Waals surface area contributed by atoms with Gasteiger partial charge >= 0.3 is 0 Å². The number of aromatic nitrogens is 4. The first-order valence-corrected chi connectivity index (χ1v) is 9.89. The molecule has 0 unspecified atom stereocenters. The third-order valence-electron chi connectivity index (χ3n) is 5.54. The van der Waals surface area contributed by atoms with Gasteiger partial charge < -0.3 is 4.98 Å². The Kier molecular flexibility index (Phi) is 4.89. The van der Waals surface area contributed by atoms with Crippen molar-refractivity contribution < 1.29 is 0 Å². The Hall–Kier alpha value is -2.73. The van der Waals surface area contributed by atoms with Crippen LogP contribution in [0, 0.1) is 13.8 Å². The minimum atomic E-state index is 0.00632. The predicted octanol–water partition coefficient (Wildman–Crippen LogP) is 3.25. The topological polar surface area (TPSA) is 66.8 Å². The highest BCUT2D eigenvalue weighted by Crippen LogP contribution is 2.23. The summed E-state index contributed by atoms with van der Waals surface area (Å²) in [5.74, 6) is 1.01. The van der Waals surface area contributed by atoms with Crippen LogP contribution in [-0.4, -0.2) is 31.2 Å². The normalized spacial score (nSPS) is 14.5. The zero-order valence-electron chi connectivity index (χ0n) is 17.0. The molecule has 0 saturated carbocycles. The minimum Gasteiger partial charge on any atom is -0.310 e. The molecule has 28 heavy (non-hydrogen) atoms. The van der Waals surface area contributed by atoms with Crippen molar-refractivity contribution in [1.29, 1.82) is 0 Å². The summed E-state index contributed by atoms with van der Waals surface area (Å²) in [7, 11) is 0. The van der Waals surface area contributed by atoms with Crippen LogP contribution in [0.4, 0.5) is 0 Å². The quantitative estimate of drug-likeness (QED) is 0.758. The van der Waals surface area contributed by atoms with Crippen LogP contribution in [0.25, 0.3) is 5.69 Å². The number of aromatic amines is 1. The molecule has 2 aromatic heterocycles. The van der Waals surface area contributed by atoms with Crippen molar-refractivity contribution in [3.05, 3.63) is 74.7 Å². The first-order valence-electron chi connectivity index (χ1n) is 9.89. The van der Waals surface area contributed by atoms with Crippen molar-refractivity contribution in [2.75, 3.05) is 6.54 Å². The molecule has 146 valence electrons. The summed E-state index contributed by atoms with van der Waals surface area (Å²) in [4.78, 5) is 22.5. The molecule has 0 saturated heterocycles. The fourth-order valence-electron chi connectivity index (χ4n) is 3.86. The molecule has 0 amide bonds. The molecule has 1 aliphatic rings. The molecule has 3 heterocycles. The molecule has 0 atom stereocenters. The van der Waals surface area contributed by atoms with Crippen LogP contribution < -0.4 is 5.56 Å². The van der Waals surface area contributed by atoms with Crippen LogP contribution in [0.1, 0.15) is 53.8 Å². The smallest absolute Gasteiger partial charge is 0.255 e. The Morgan fingerprint density at radius 1 is 1.18 bits per heavy atom. The first kappa shape index (κ1) is 18.6. The molecule has 6 heteroatoms. The number of hydrogen-bond acceptors (Lipinski definition) is 4. The van der Waals surface area contributed by atoms with E-state index in [0.29, 0.717) is 6.54 Å². The third kappa shape index (κ3) is 3.40. The Bertz CT molecular complexity index is 1050. The fourth-order valence-corrected chi connectivity index (χ4v) is 3.86. The summed E-state index contributed by atoms with van der Waals surface area (Å²) >= 11 is 0. The average molecular weight is 377 g/mol. The van der Waals surface area contributed by atoms with Gasteiger partial charge in [0.1, 0.15) is 5.82 Å². The number of fused-ring (bicyclic) bond motifs is 1. The number of H-pyrrole nitrogens is 1. The van der Waals surface area contributed by atoms with Gasteiger partial charge in [-0.2, -0.15) is 5.10 Å². The molecule has 0 radical (unpaired) electrons. The summed E-state index contributed by atoms with van der Waals surface area (Å²) in [5.41, 5.74) is 6.26. The molecule has 3 aromatic rings. The highest BCUT2D eigenvalue weighted by Gasteiger charge is 2.24. The van der Waals surface area contributed by atoms with Gasteiger partial charge in [0.05, 0.1) is 22.6 Å². The van der Waals surface area contributed by atoms with Crippen LogP contribution in [0.5, 0.6) is 0 Å². The molecule has 1 N–H and O–H groups in total.